The number of hydrogen-bond donors (Lipinski definition) is 1. The van der Waals surface area contributed by atoms with E-state index in [-0.39, 0.29) is 5.91 Å². The van der Waals surface area contributed by atoms with Gasteiger partial charge in [-0.3, -0.25) is 9.78 Å². The van der Waals surface area contributed by atoms with E-state index in [4.69, 9.17) is 0 Å². The summed E-state index contributed by atoms with van der Waals surface area (Å²) in [4.78, 5) is 16.3. The van der Waals surface area contributed by atoms with Gasteiger partial charge in [0.2, 0.25) is 0 Å². The van der Waals surface area contributed by atoms with Gasteiger partial charge < -0.3 is 5.32 Å². The molecule has 0 aliphatic rings. The summed E-state index contributed by atoms with van der Waals surface area (Å²) in [5, 5.41) is 2.81. The van der Waals surface area contributed by atoms with Crippen molar-refractivity contribution in [1.82, 2.24) is 10.3 Å². The van der Waals surface area contributed by atoms with Crippen LogP contribution in [0, 0.1) is 6.92 Å². The first-order valence-corrected chi connectivity index (χ1v) is 6.02. The second-order valence-corrected chi connectivity index (χ2v) is 4.11. The molecule has 3 heteroatoms. The Morgan fingerprint density at radius 2 is 2.00 bits per heavy atom. The molecule has 1 aromatic heterocycles. The highest BCUT2D eigenvalue weighted by atomic mass is 16.1. The van der Waals surface area contributed by atoms with Gasteiger partial charge in [0.15, 0.2) is 0 Å². The Bertz CT molecular complexity index is 550. The summed E-state index contributed by atoms with van der Waals surface area (Å²) < 4.78 is 0. The minimum atomic E-state index is -0.0467. The van der Waals surface area contributed by atoms with E-state index in [2.05, 4.69) is 10.3 Å². The SMILES string of the molecule is CCNC(=O)c1cc(-c2ccccc2)ncc1C. The van der Waals surface area contributed by atoms with Gasteiger partial charge in [-0.1, -0.05) is 30.3 Å². The molecule has 0 bridgehead atoms. The van der Waals surface area contributed by atoms with Gasteiger partial charge in [-0.2, -0.15) is 0 Å². The number of nitrogens with one attached hydrogen (secondary N) is 1. The van der Waals surface area contributed by atoms with Crippen molar-refractivity contribution in [2.75, 3.05) is 6.54 Å². The first-order valence-electron chi connectivity index (χ1n) is 6.02. The van der Waals surface area contributed by atoms with E-state index in [1.54, 1.807) is 6.20 Å². The van der Waals surface area contributed by atoms with Crippen molar-refractivity contribution in [3.63, 3.8) is 0 Å². The van der Waals surface area contributed by atoms with Crippen molar-refractivity contribution in [2.24, 2.45) is 0 Å². The van der Waals surface area contributed by atoms with Gasteiger partial charge in [-0.25, -0.2) is 0 Å². The Morgan fingerprint density at radius 3 is 2.67 bits per heavy atom. The highest BCUT2D eigenvalue weighted by molar-refractivity contribution is 5.96. The van der Waals surface area contributed by atoms with Crippen molar-refractivity contribution in [3.8, 4) is 11.3 Å². The normalized spacial score (nSPS) is 10.1. The van der Waals surface area contributed by atoms with Crippen molar-refractivity contribution in [2.45, 2.75) is 13.8 Å². The number of amides is 1. The first-order chi connectivity index (χ1) is 8.72. The molecule has 3 nitrogen and oxygen atoms in total. The number of carbonyl (C=O) groups is 1. The molecule has 0 saturated carbocycles. The zero-order valence-electron chi connectivity index (χ0n) is 10.6. The largest absolute Gasteiger partial charge is 0.352 e. The molecule has 0 aliphatic carbocycles. The van der Waals surface area contributed by atoms with Crippen LogP contribution < -0.4 is 5.32 Å². The van der Waals surface area contributed by atoms with Crippen LogP contribution in [-0.4, -0.2) is 17.4 Å². The second-order valence-electron chi connectivity index (χ2n) is 4.11. The number of pyridine rings is 1. The zero-order valence-corrected chi connectivity index (χ0v) is 10.6. The molecule has 2 aromatic rings. The van der Waals surface area contributed by atoms with Crippen LogP contribution in [0.5, 0.6) is 0 Å². The smallest absolute Gasteiger partial charge is 0.251 e. The maximum atomic E-state index is 11.9. The molecule has 0 atom stereocenters. The standard InChI is InChI=1S/C15H16N2O/c1-3-16-15(18)13-9-14(17-10-11(13)2)12-7-5-4-6-8-12/h4-10H,3H2,1-2H3,(H,16,18). The summed E-state index contributed by atoms with van der Waals surface area (Å²) in [6, 6.07) is 11.7. The maximum absolute atomic E-state index is 11.9. The lowest BCUT2D eigenvalue weighted by Crippen LogP contribution is -2.23. The minimum Gasteiger partial charge on any atom is -0.352 e. The number of benzene rings is 1. The lowest BCUT2D eigenvalue weighted by Gasteiger charge is -2.08. The highest BCUT2D eigenvalue weighted by Gasteiger charge is 2.10. The summed E-state index contributed by atoms with van der Waals surface area (Å²) in [5.41, 5.74) is 3.41. The lowest BCUT2D eigenvalue weighted by atomic mass is 10.1. The molecule has 1 amide bonds. The van der Waals surface area contributed by atoms with E-state index in [0.717, 1.165) is 16.8 Å². The fourth-order valence-electron chi connectivity index (χ4n) is 1.79. The summed E-state index contributed by atoms with van der Waals surface area (Å²) in [5.74, 6) is -0.0467. The van der Waals surface area contributed by atoms with E-state index >= 15 is 0 Å². The molecular weight excluding hydrogens is 224 g/mol. The number of carbonyl (C=O) groups excluding carboxylic acids is 1. The van der Waals surface area contributed by atoms with Gasteiger partial charge >= 0.3 is 0 Å². The van der Waals surface area contributed by atoms with Crippen molar-refractivity contribution >= 4 is 5.91 Å². The Labute approximate surface area is 107 Å². The quantitative estimate of drug-likeness (QED) is 0.896. The lowest BCUT2D eigenvalue weighted by molar-refractivity contribution is 0.0955. The Balaban J connectivity index is 2.41. The summed E-state index contributed by atoms with van der Waals surface area (Å²) in [6.45, 7) is 4.43. The molecular formula is C15H16N2O. The van der Waals surface area contributed by atoms with Gasteiger partial charge in [0.1, 0.15) is 0 Å². The van der Waals surface area contributed by atoms with Crippen LogP contribution in [-0.2, 0) is 0 Å². The van der Waals surface area contributed by atoms with Gasteiger partial charge in [0.25, 0.3) is 5.91 Å². The number of aryl methyl sites for hydroxylation is 1. The molecule has 1 heterocycles. The molecule has 1 aromatic carbocycles. The van der Waals surface area contributed by atoms with Crippen LogP contribution in [0.15, 0.2) is 42.6 Å². The molecule has 2 rings (SSSR count). The van der Waals surface area contributed by atoms with Crippen LogP contribution in [0.4, 0.5) is 0 Å². The number of rotatable bonds is 3. The number of aromatic nitrogens is 1. The van der Waals surface area contributed by atoms with Gasteiger partial charge in [0.05, 0.1) is 5.69 Å². The molecule has 92 valence electrons. The number of nitrogens with zero attached hydrogens (tertiary/aromatic N) is 1. The molecule has 0 radical (unpaired) electrons. The van der Waals surface area contributed by atoms with Crippen LogP contribution in [0.3, 0.4) is 0 Å². The first kappa shape index (κ1) is 12.3. The monoisotopic (exact) mass is 240 g/mol. The second kappa shape index (κ2) is 5.45. The Morgan fingerprint density at radius 1 is 1.28 bits per heavy atom. The Hall–Kier alpha value is -2.16. The van der Waals surface area contributed by atoms with Gasteiger partial charge in [-0.15, -0.1) is 0 Å². The van der Waals surface area contributed by atoms with Gasteiger partial charge in [-0.05, 0) is 25.5 Å². The van der Waals surface area contributed by atoms with Crippen LogP contribution in [0.25, 0.3) is 11.3 Å². The Kier molecular flexibility index (Phi) is 3.72. The van der Waals surface area contributed by atoms with Crippen molar-refractivity contribution < 1.29 is 4.79 Å². The molecule has 0 unspecified atom stereocenters. The van der Waals surface area contributed by atoms with E-state index in [0.29, 0.717) is 12.1 Å². The third-order valence-electron chi connectivity index (χ3n) is 2.75. The average Bonchev–Trinajstić information content (AvgIpc) is 2.40. The topological polar surface area (TPSA) is 42.0 Å². The van der Waals surface area contributed by atoms with E-state index < -0.39 is 0 Å². The highest BCUT2D eigenvalue weighted by Crippen LogP contribution is 2.19. The molecule has 0 fully saturated rings. The van der Waals surface area contributed by atoms with E-state index in [1.165, 1.54) is 0 Å². The summed E-state index contributed by atoms with van der Waals surface area (Å²) >= 11 is 0. The average molecular weight is 240 g/mol. The van der Waals surface area contributed by atoms with Gasteiger partial charge in [0, 0.05) is 23.9 Å². The zero-order chi connectivity index (χ0) is 13.0. The molecule has 0 spiro atoms. The molecule has 18 heavy (non-hydrogen) atoms. The molecule has 0 aliphatic heterocycles. The predicted molar refractivity (Wildman–Crippen MR) is 72.4 cm³/mol. The molecule has 0 saturated heterocycles. The fraction of sp³-hybridized carbons (Fsp3) is 0.200. The third kappa shape index (κ3) is 2.56. The third-order valence-corrected chi connectivity index (χ3v) is 2.75. The van der Waals surface area contributed by atoms with E-state index in [9.17, 15) is 4.79 Å². The van der Waals surface area contributed by atoms with Crippen LogP contribution in [0.1, 0.15) is 22.8 Å². The maximum Gasteiger partial charge on any atom is 0.251 e. The van der Waals surface area contributed by atoms with Crippen molar-refractivity contribution in [3.05, 3.63) is 53.7 Å². The summed E-state index contributed by atoms with van der Waals surface area (Å²) in [6.07, 6.45) is 1.74. The minimum absolute atomic E-state index is 0.0467. The molecule has 1 N–H and O–H groups in total. The van der Waals surface area contributed by atoms with Crippen molar-refractivity contribution in [1.29, 1.82) is 0 Å². The van der Waals surface area contributed by atoms with E-state index in [1.807, 2.05) is 50.2 Å². The fourth-order valence-corrected chi connectivity index (χ4v) is 1.79. The predicted octanol–water partition coefficient (Wildman–Crippen LogP) is 2.81. The number of hydrogen-bond acceptors (Lipinski definition) is 2. The summed E-state index contributed by atoms with van der Waals surface area (Å²) in [7, 11) is 0. The van der Waals surface area contributed by atoms with Crippen LogP contribution >= 0.6 is 0 Å². The van der Waals surface area contributed by atoms with Crippen LogP contribution in [0.2, 0.25) is 0 Å².